The maximum absolute atomic E-state index is 14.5. The van der Waals surface area contributed by atoms with Crippen molar-refractivity contribution in [2.75, 3.05) is 6.54 Å². The number of H-pyrrole nitrogens is 1. The third kappa shape index (κ3) is 4.88. The molecule has 0 saturated carbocycles. The number of fused-ring (bicyclic) bond motifs is 1. The van der Waals surface area contributed by atoms with Crippen LogP contribution in [0.5, 0.6) is 0 Å². The van der Waals surface area contributed by atoms with Crippen LogP contribution in [-0.4, -0.2) is 52.9 Å². The number of piperidine rings is 1. The van der Waals surface area contributed by atoms with Crippen molar-refractivity contribution >= 4 is 32.9 Å². The van der Waals surface area contributed by atoms with Gasteiger partial charge in [-0.15, -0.1) is 5.10 Å². The molecule has 1 aliphatic rings. The van der Waals surface area contributed by atoms with Crippen LogP contribution in [0.25, 0.3) is 28.0 Å². The summed E-state index contributed by atoms with van der Waals surface area (Å²) in [6.07, 6.45) is 2.95. The molecule has 6 rings (SSSR count). The molecular formula is C29H25BrFN7O3. The van der Waals surface area contributed by atoms with Crippen LogP contribution in [0, 0.1) is 5.82 Å². The van der Waals surface area contributed by atoms with E-state index in [0.29, 0.717) is 35.2 Å². The number of aryl methyl sites for hydroxylation is 1. The maximum Gasteiger partial charge on any atom is 0.329 e. The molecule has 10 nitrogen and oxygen atoms in total. The van der Waals surface area contributed by atoms with Gasteiger partial charge in [0, 0.05) is 35.6 Å². The lowest BCUT2D eigenvalue weighted by atomic mass is 9.88. The maximum atomic E-state index is 14.5. The van der Waals surface area contributed by atoms with Gasteiger partial charge in [-0.1, -0.05) is 51.5 Å². The molecule has 3 aromatic heterocycles. The standard InChI is InChI=1S/C29H25BrFN7O3/c1-16-12-18(23-15-38(35-34-23)24-9-8-19(30)13-21(24)31)10-11-37(16)28(40)20-14-22(17-6-4-3-5-7-17)32-26-25(20)27(39)33-29(41)36(26)2/h3-9,13-16,18H,10-12H2,1-2H3,(H,33,39,41). The molecular weight excluding hydrogens is 593 g/mol. The second-order valence-corrected chi connectivity index (χ2v) is 11.1. The number of nitrogens with zero attached hydrogens (tertiary/aromatic N) is 6. The molecule has 41 heavy (non-hydrogen) atoms. The molecule has 1 fully saturated rings. The molecule has 0 spiro atoms. The van der Waals surface area contributed by atoms with E-state index in [1.807, 2.05) is 37.3 Å². The van der Waals surface area contributed by atoms with Crippen molar-refractivity contribution in [3.8, 4) is 16.9 Å². The van der Waals surface area contributed by atoms with E-state index < -0.39 is 17.1 Å². The molecule has 0 aliphatic carbocycles. The van der Waals surface area contributed by atoms with Crippen molar-refractivity contribution < 1.29 is 9.18 Å². The Hall–Kier alpha value is -4.45. The summed E-state index contributed by atoms with van der Waals surface area (Å²) in [4.78, 5) is 48.0. The van der Waals surface area contributed by atoms with E-state index in [-0.39, 0.29) is 34.5 Å². The van der Waals surface area contributed by atoms with E-state index in [0.717, 1.165) is 11.3 Å². The lowest BCUT2D eigenvalue weighted by Gasteiger charge is -2.37. The zero-order chi connectivity index (χ0) is 28.8. The molecule has 0 bridgehead atoms. The van der Waals surface area contributed by atoms with Crippen molar-refractivity contribution in [3.05, 3.63) is 103 Å². The number of hydrogen-bond donors (Lipinski definition) is 1. The number of halogens is 2. The van der Waals surface area contributed by atoms with Crippen molar-refractivity contribution in [1.29, 1.82) is 0 Å². The first kappa shape index (κ1) is 26.8. The lowest BCUT2D eigenvalue weighted by Crippen LogP contribution is -2.44. The molecule has 208 valence electrons. The fourth-order valence-electron chi connectivity index (χ4n) is 5.41. The highest BCUT2D eigenvalue weighted by Crippen LogP contribution is 2.33. The van der Waals surface area contributed by atoms with Crippen LogP contribution in [-0.2, 0) is 7.05 Å². The second kappa shape index (κ2) is 10.5. The first-order chi connectivity index (χ1) is 19.7. The summed E-state index contributed by atoms with van der Waals surface area (Å²) in [5.41, 5.74) is 1.33. The molecule has 5 aromatic rings. The SMILES string of the molecule is CC1CC(c2cn(-c3ccc(Br)cc3F)nn2)CCN1C(=O)c1cc(-c2ccccc2)nc2c1c(=O)[nH]c(=O)n2C. The Morgan fingerprint density at radius 2 is 1.90 bits per heavy atom. The van der Waals surface area contributed by atoms with Gasteiger partial charge in [-0.2, -0.15) is 0 Å². The Labute approximate surface area is 241 Å². The monoisotopic (exact) mass is 617 g/mol. The topological polar surface area (TPSA) is 119 Å². The van der Waals surface area contributed by atoms with Gasteiger partial charge in [0.15, 0.2) is 5.65 Å². The Morgan fingerprint density at radius 3 is 2.63 bits per heavy atom. The first-order valence-corrected chi connectivity index (χ1v) is 13.9. The van der Waals surface area contributed by atoms with E-state index in [2.05, 4.69) is 36.2 Å². The predicted molar refractivity (Wildman–Crippen MR) is 155 cm³/mol. The normalized spacial score (nSPS) is 17.2. The van der Waals surface area contributed by atoms with Crippen LogP contribution in [0.3, 0.4) is 0 Å². The summed E-state index contributed by atoms with van der Waals surface area (Å²) in [7, 11) is 1.51. The Morgan fingerprint density at radius 1 is 1.12 bits per heavy atom. The van der Waals surface area contributed by atoms with Gasteiger partial charge >= 0.3 is 5.69 Å². The van der Waals surface area contributed by atoms with Gasteiger partial charge in [-0.3, -0.25) is 19.1 Å². The number of likely N-dealkylation sites (tertiary alicyclic amines) is 1. The molecule has 12 heteroatoms. The average Bonchev–Trinajstić information content (AvgIpc) is 3.45. The number of carbonyl (C=O) groups excluding carboxylic acids is 1. The highest BCUT2D eigenvalue weighted by atomic mass is 79.9. The predicted octanol–water partition coefficient (Wildman–Crippen LogP) is 4.18. The minimum absolute atomic E-state index is 0.0135. The molecule has 0 radical (unpaired) electrons. The zero-order valence-corrected chi connectivity index (χ0v) is 23.8. The fourth-order valence-corrected chi connectivity index (χ4v) is 5.74. The summed E-state index contributed by atoms with van der Waals surface area (Å²) in [6.45, 7) is 2.36. The number of benzene rings is 2. The fraction of sp³-hybridized carbons (Fsp3) is 0.241. The van der Waals surface area contributed by atoms with Crippen molar-refractivity contribution in [3.63, 3.8) is 0 Å². The Bertz CT molecular complexity index is 1920. The third-order valence-corrected chi connectivity index (χ3v) is 8.09. The first-order valence-electron chi connectivity index (χ1n) is 13.1. The summed E-state index contributed by atoms with van der Waals surface area (Å²) in [5, 5.41) is 8.51. The van der Waals surface area contributed by atoms with Gasteiger partial charge in [-0.25, -0.2) is 18.9 Å². The van der Waals surface area contributed by atoms with E-state index in [1.165, 1.54) is 22.4 Å². The van der Waals surface area contributed by atoms with E-state index in [4.69, 9.17) is 0 Å². The average molecular weight is 618 g/mol. The lowest BCUT2D eigenvalue weighted by molar-refractivity contribution is 0.0616. The number of nitrogens with one attached hydrogen (secondary N) is 1. The number of amides is 1. The highest BCUT2D eigenvalue weighted by molar-refractivity contribution is 9.10. The van der Waals surface area contributed by atoms with Crippen molar-refractivity contribution in [2.24, 2.45) is 7.05 Å². The van der Waals surface area contributed by atoms with Crippen LogP contribution < -0.4 is 11.2 Å². The van der Waals surface area contributed by atoms with E-state index in [9.17, 15) is 18.8 Å². The van der Waals surface area contributed by atoms with Crippen molar-refractivity contribution in [2.45, 2.75) is 31.7 Å². The van der Waals surface area contributed by atoms with E-state index in [1.54, 1.807) is 29.3 Å². The largest absolute Gasteiger partial charge is 0.336 e. The third-order valence-electron chi connectivity index (χ3n) is 7.59. The van der Waals surface area contributed by atoms with Gasteiger partial charge < -0.3 is 4.90 Å². The van der Waals surface area contributed by atoms with Gasteiger partial charge in [-0.05, 0) is 44.0 Å². The molecule has 2 atom stereocenters. The van der Waals surface area contributed by atoms with Gasteiger partial charge in [0.25, 0.3) is 11.5 Å². The number of pyridine rings is 1. The van der Waals surface area contributed by atoms with Crippen LogP contribution >= 0.6 is 15.9 Å². The van der Waals surface area contributed by atoms with Crippen LogP contribution in [0.4, 0.5) is 4.39 Å². The van der Waals surface area contributed by atoms with Gasteiger partial charge in [0.05, 0.1) is 28.5 Å². The zero-order valence-electron chi connectivity index (χ0n) is 22.2. The summed E-state index contributed by atoms with van der Waals surface area (Å²) >= 11 is 3.26. The minimum atomic E-state index is -0.655. The van der Waals surface area contributed by atoms with Gasteiger partial charge in [0.2, 0.25) is 0 Å². The van der Waals surface area contributed by atoms with Crippen LogP contribution in [0.15, 0.2) is 74.9 Å². The summed E-state index contributed by atoms with van der Waals surface area (Å²) in [5.74, 6) is -0.721. The number of rotatable bonds is 4. The Kier molecular flexibility index (Phi) is 6.86. The molecule has 1 aliphatic heterocycles. The molecule has 4 heterocycles. The molecule has 1 amide bonds. The highest BCUT2D eigenvalue weighted by Gasteiger charge is 2.33. The molecule has 2 unspecified atom stereocenters. The van der Waals surface area contributed by atoms with Crippen LogP contribution in [0.2, 0.25) is 0 Å². The number of hydrogen-bond acceptors (Lipinski definition) is 6. The van der Waals surface area contributed by atoms with Crippen molar-refractivity contribution in [1.82, 2.24) is 34.4 Å². The number of aromatic amines is 1. The van der Waals surface area contributed by atoms with Crippen LogP contribution in [0.1, 0.15) is 41.7 Å². The quantitative estimate of drug-likeness (QED) is 0.323. The number of carbonyl (C=O) groups is 1. The summed E-state index contributed by atoms with van der Waals surface area (Å²) < 4.78 is 17.8. The number of aromatic nitrogens is 6. The van der Waals surface area contributed by atoms with Gasteiger partial charge in [0.1, 0.15) is 11.5 Å². The molecule has 1 saturated heterocycles. The second-order valence-electron chi connectivity index (χ2n) is 10.2. The Balaban J connectivity index is 1.32. The molecule has 2 aromatic carbocycles. The van der Waals surface area contributed by atoms with E-state index >= 15 is 0 Å². The smallest absolute Gasteiger partial charge is 0.329 e. The molecule has 1 N–H and O–H groups in total. The minimum Gasteiger partial charge on any atom is -0.336 e. The summed E-state index contributed by atoms with van der Waals surface area (Å²) in [6, 6.07) is 15.5.